The van der Waals surface area contributed by atoms with Gasteiger partial charge in [-0.1, -0.05) is 0 Å². The quantitative estimate of drug-likeness (QED) is 0.487. The Morgan fingerprint density at radius 3 is 2.86 bits per heavy atom. The van der Waals surface area contributed by atoms with Crippen molar-refractivity contribution in [3.05, 3.63) is 0 Å². The van der Waals surface area contributed by atoms with Crippen LogP contribution in [0.3, 0.4) is 0 Å². The summed E-state index contributed by atoms with van der Waals surface area (Å²) in [4.78, 5) is 22.2. The lowest BCUT2D eigenvalue weighted by Gasteiger charge is -2.28. The first kappa shape index (κ1) is 8.23. The van der Waals surface area contributed by atoms with E-state index in [-0.39, 0.29) is 11.8 Å². The predicted molar refractivity (Wildman–Crippen MR) is 39.5 cm³/mol. The molecule has 14 heavy (non-hydrogen) atoms. The van der Waals surface area contributed by atoms with Gasteiger partial charge in [-0.3, -0.25) is 4.79 Å². The van der Waals surface area contributed by atoms with Crippen molar-refractivity contribution in [3.63, 3.8) is 0 Å². The van der Waals surface area contributed by atoms with Crippen LogP contribution in [0.15, 0.2) is 0 Å². The summed E-state index contributed by atoms with van der Waals surface area (Å²) in [5.74, 6) is -3.59. The van der Waals surface area contributed by atoms with Crippen LogP contribution in [0.1, 0.15) is 6.42 Å². The van der Waals surface area contributed by atoms with Crippen LogP contribution in [-0.4, -0.2) is 29.3 Å². The standard InChI is InChI=1S/C9H10O5/c10-6-2-1-3-5(4(2)8(11)12)9(13)14-7(3)6/h2-7,10H,1H2,(H,11,12)/p-1. The van der Waals surface area contributed by atoms with Crippen molar-refractivity contribution in [2.24, 2.45) is 23.7 Å². The van der Waals surface area contributed by atoms with Crippen LogP contribution in [0, 0.1) is 23.7 Å². The fourth-order valence-electron chi connectivity index (χ4n) is 3.34. The number of ether oxygens (including phenoxy) is 1. The van der Waals surface area contributed by atoms with Crippen molar-refractivity contribution in [2.75, 3.05) is 0 Å². The molecule has 0 aromatic heterocycles. The van der Waals surface area contributed by atoms with E-state index < -0.39 is 36.0 Å². The molecule has 5 heteroatoms. The highest BCUT2D eigenvalue weighted by Crippen LogP contribution is 2.57. The summed E-state index contributed by atoms with van der Waals surface area (Å²) in [6.45, 7) is 0. The lowest BCUT2D eigenvalue weighted by Crippen LogP contribution is -2.45. The molecule has 6 unspecified atom stereocenters. The van der Waals surface area contributed by atoms with E-state index in [9.17, 15) is 19.8 Å². The smallest absolute Gasteiger partial charge is 0.310 e. The number of rotatable bonds is 1. The SMILES string of the molecule is O=C([O-])C1C2CC3C(OC(=O)C31)C2O. The third-order valence-electron chi connectivity index (χ3n) is 3.85. The molecular formula is C9H9O5-. The van der Waals surface area contributed by atoms with E-state index in [1.807, 2.05) is 0 Å². The summed E-state index contributed by atoms with van der Waals surface area (Å²) in [7, 11) is 0. The molecule has 1 saturated heterocycles. The van der Waals surface area contributed by atoms with Gasteiger partial charge < -0.3 is 19.7 Å². The van der Waals surface area contributed by atoms with Gasteiger partial charge in [-0.2, -0.15) is 0 Å². The Morgan fingerprint density at radius 2 is 2.21 bits per heavy atom. The van der Waals surface area contributed by atoms with Crippen molar-refractivity contribution in [2.45, 2.75) is 18.6 Å². The first-order valence-electron chi connectivity index (χ1n) is 4.70. The second kappa shape index (κ2) is 2.28. The van der Waals surface area contributed by atoms with Gasteiger partial charge in [-0.15, -0.1) is 0 Å². The van der Waals surface area contributed by atoms with Crippen LogP contribution in [0.2, 0.25) is 0 Å². The summed E-state index contributed by atoms with van der Waals surface area (Å²) < 4.78 is 4.95. The topological polar surface area (TPSA) is 86.7 Å². The maximum atomic E-state index is 11.3. The number of fused-ring (bicyclic) bond motifs is 1. The lowest BCUT2D eigenvalue weighted by molar-refractivity contribution is -0.315. The van der Waals surface area contributed by atoms with Gasteiger partial charge in [0, 0.05) is 17.8 Å². The summed E-state index contributed by atoms with van der Waals surface area (Å²) in [6.07, 6.45) is -0.709. The van der Waals surface area contributed by atoms with Crippen molar-refractivity contribution in [1.82, 2.24) is 0 Å². The van der Waals surface area contributed by atoms with Gasteiger partial charge >= 0.3 is 5.97 Å². The Bertz CT molecular complexity index is 325. The minimum absolute atomic E-state index is 0.106. The van der Waals surface area contributed by atoms with Gasteiger partial charge in [0.25, 0.3) is 0 Å². The van der Waals surface area contributed by atoms with E-state index in [0.29, 0.717) is 6.42 Å². The molecule has 0 radical (unpaired) electrons. The average Bonchev–Trinajstić information content (AvgIpc) is 2.67. The molecule has 0 spiro atoms. The molecule has 76 valence electrons. The largest absolute Gasteiger partial charge is 0.550 e. The van der Waals surface area contributed by atoms with E-state index in [1.165, 1.54) is 0 Å². The van der Waals surface area contributed by atoms with E-state index in [2.05, 4.69) is 0 Å². The van der Waals surface area contributed by atoms with Gasteiger partial charge in [-0.05, 0) is 12.3 Å². The fraction of sp³-hybridized carbons (Fsp3) is 0.778. The summed E-state index contributed by atoms with van der Waals surface area (Å²) in [5, 5.41) is 20.5. The predicted octanol–water partition coefficient (Wildman–Crippen LogP) is -2.10. The number of carbonyl (C=O) groups is 2. The van der Waals surface area contributed by atoms with Gasteiger partial charge in [0.1, 0.15) is 6.10 Å². The summed E-state index contributed by atoms with van der Waals surface area (Å²) >= 11 is 0. The minimum atomic E-state index is -1.24. The number of carbonyl (C=O) groups excluding carboxylic acids is 2. The van der Waals surface area contributed by atoms with Crippen LogP contribution in [0.5, 0.6) is 0 Å². The summed E-state index contributed by atoms with van der Waals surface area (Å²) in [6, 6.07) is 0. The zero-order valence-electron chi connectivity index (χ0n) is 7.25. The molecule has 0 aromatic rings. The van der Waals surface area contributed by atoms with Crippen LogP contribution in [0.4, 0.5) is 0 Å². The highest BCUT2D eigenvalue weighted by atomic mass is 16.6. The second-order valence-electron chi connectivity index (χ2n) is 4.33. The molecular weight excluding hydrogens is 188 g/mol. The molecule has 5 nitrogen and oxygen atoms in total. The van der Waals surface area contributed by atoms with Gasteiger partial charge in [0.2, 0.25) is 0 Å². The number of aliphatic carboxylic acids is 1. The third kappa shape index (κ3) is 0.706. The van der Waals surface area contributed by atoms with Gasteiger partial charge in [-0.25, -0.2) is 0 Å². The molecule has 2 aliphatic carbocycles. The Morgan fingerprint density at radius 1 is 1.50 bits per heavy atom. The van der Waals surface area contributed by atoms with Crippen molar-refractivity contribution >= 4 is 11.9 Å². The molecule has 1 N–H and O–H groups in total. The Balaban J connectivity index is 2.04. The van der Waals surface area contributed by atoms with E-state index in [1.54, 1.807) is 0 Å². The number of carboxylic acid groups (broad SMARTS) is 1. The first-order chi connectivity index (χ1) is 6.61. The van der Waals surface area contributed by atoms with Crippen LogP contribution < -0.4 is 5.11 Å². The third-order valence-corrected chi connectivity index (χ3v) is 3.85. The Kier molecular flexibility index (Phi) is 1.34. The second-order valence-corrected chi connectivity index (χ2v) is 4.33. The molecule has 3 fully saturated rings. The number of aliphatic hydroxyl groups excluding tert-OH is 1. The molecule has 6 atom stereocenters. The maximum Gasteiger partial charge on any atom is 0.310 e. The molecule has 0 aromatic carbocycles. The van der Waals surface area contributed by atoms with Crippen LogP contribution >= 0.6 is 0 Å². The van der Waals surface area contributed by atoms with E-state index in [0.717, 1.165) is 0 Å². The van der Waals surface area contributed by atoms with E-state index in [4.69, 9.17) is 4.74 Å². The molecule has 1 heterocycles. The number of carboxylic acids is 1. The van der Waals surface area contributed by atoms with Crippen LogP contribution in [0.25, 0.3) is 0 Å². The van der Waals surface area contributed by atoms with Crippen molar-refractivity contribution in [1.29, 1.82) is 0 Å². The number of aliphatic hydroxyl groups is 1. The molecule has 0 amide bonds. The molecule has 3 rings (SSSR count). The van der Waals surface area contributed by atoms with Crippen molar-refractivity contribution < 1.29 is 24.5 Å². The lowest BCUT2D eigenvalue weighted by atomic mass is 9.79. The molecule has 2 saturated carbocycles. The highest BCUT2D eigenvalue weighted by molar-refractivity contribution is 5.84. The van der Waals surface area contributed by atoms with Gasteiger partial charge in [0.15, 0.2) is 0 Å². The van der Waals surface area contributed by atoms with Crippen LogP contribution in [-0.2, 0) is 14.3 Å². The maximum absolute atomic E-state index is 11.3. The molecule has 1 aliphatic heterocycles. The number of hydrogen-bond donors (Lipinski definition) is 1. The fourth-order valence-corrected chi connectivity index (χ4v) is 3.34. The number of esters is 1. The Labute approximate surface area is 79.7 Å². The zero-order valence-corrected chi connectivity index (χ0v) is 7.25. The number of hydrogen-bond acceptors (Lipinski definition) is 5. The van der Waals surface area contributed by atoms with E-state index >= 15 is 0 Å². The minimum Gasteiger partial charge on any atom is -0.550 e. The monoisotopic (exact) mass is 197 g/mol. The summed E-state index contributed by atoms with van der Waals surface area (Å²) in [5.41, 5.74) is 0. The average molecular weight is 197 g/mol. The van der Waals surface area contributed by atoms with Crippen molar-refractivity contribution in [3.8, 4) is 0 Å². The molecule has 2 bridgehead atoms. The Hall–Kier alpha value is -1.10. The first-order valence-corrected chi connectivity index (χ1v) is 4.70. The highest BCUT2D eigenvalue weighted by Gasteiger charge is 2.66. The normalized spacial score (nSPS) is 53.6. The molecule has 3 aliphatic rings. The zero-order chi connectivity index (χ0) is 10.0. The van der Waals surface area contributed by atoms with Gasteiger partial charge in [0.05, 0.1) is 12.0 Å².